The number of nitrogens with zero attached hydrogens (tertiary/aromatic N) is 5. The van der Waals surface area contributed by atoms with Crippen LogP contribution in [0.1, 0.15) is 18.2 Å². The van der Waals surface area contributed by atoms with Crippen LogP contribution >= 0.6 is 34.9 Å². The Kier molecular flexibility index (Phi) is 7.74. The van der Waals surface area contributed by atoms with Crippen LogP contribution in [0.2, 0.25) is 0 Å². The number of hydrogen-bond acceptors (Lipinski definition) is 13. The predicted octanol–water partition coefficient (Wildman–Crippen LogP) is -0.716. The smallest absolute Gasteiger partial charge is 0.384 e. The highest BCUT2D eigenvalue weighted by atomic mass is 32.2. The number of aliphatic carboxylic acids is 1. The van der Waals surface area contributed by atoms with E-state index in [9.17, 15) is 19.5 Å². The van der Waals surface area contributed by atoms with Crippen molar-refractivity contribution in [2.45, 2.75) is 30.4 Å². The molecule has 17 heteroatoms. The molecule has 2 aromatic rings. The summed E-state index contributed by atoms with van der Waals surface area (Å²) >= 11 is 3.67. The first-order chi connectivity index (χ1) is 17.6. The molecular weight excluding hydrogens is 542 g/mol. The second kappa shape index (κ2) is 10.8. The number of carboxylic acids is 1. The molecule has 2 atom stereocenters. The molecule has 2 aliphatic rings. The number of nitrogen functional groups attached to an aromatic ring is 3. The van der Waals surface area contributed by atoms with Crippen molar-refractivity contribution in [1.82, 2.24) is 20.2 Å². The Hall–Kier alpha value is -3.57. The summed E-state index contributed by atoms with van der Waals surface area (Å²) in [5.74, 6) is 4.34. The first-order valence-electron chi connectivity index (χ1n) is 10.8. The van der Waals surface area contributed by atoms with Crippen molar-refractivity contribution in [1.29, 1.82) is 0 Å². The van der Waals surface area contributed by atoms with E-state index in [0.29, 0.717) is 27.9 Å². The van der Waals surface area contributed by atoms with Crippen molar-refractivity contribution < 1.29 is 29.0 Å². The number of β-lactam (4-membered cyclic amide) rings is 1. The lowest BCUT2D eigenvalue weighted by atomic mass is 10.0. The van der Waals surface area contributed by atoms with E-state index in [-0.39, 0.29) is 34.6 Å². The van der Waals surface area contributed by atoms with Gasteiger partial charge in [0.25, 0.3) is 11.8 Å². The number of aryl methyl sites for hydroxylation is 1. The van der Waals surface area contributed by atoms with Crippen LogP contribution in [0.15, 0.2) is 33.2 Å². The number of thioether (sulfide) groups is 2. The van der Waals surface area contributed by atoms with Gasteiger partial charge in [0, 0.05) is 16.9 Å². The molecular formula is C20H24N9O5S3+. The zero-order valence-corrected chi connectivity index (χ0v) is 22.2. The van der Waals surface area contributed by atoms with E-state index in [1.165, 1.54) is 33.1 Å². The van der Waals surface area contributed by atoms with Gasteiger partial charge in [0.05, 0.1) is 5.56 Å². The fraction of sp³-hybridized carbons (Fsp3) is 0.350. The number of amides is 2. The van der Waals surface area contributed by atoms with Crippen molar-refractivity contribution in [2.75, 3.05) is 35.4 Å². The molecule has 37 heavy (non-hydrogen) atoms. The Balaban J connectivity index is 1.50. The summed E-state index contributed by atoms with van der Waals surface area (Å²) in [5.41, 5.74) is 12.7. The molecule has 0 spiro atoms. The minimum Gasteiger partial charge on any atom is -0.477 e. The van der Waals surface area contributed by atoms with Crippen LogP contribution in [0.5, 0.6) is 0 Å². The third-order valence-electron chi connectivity index (χ3n) is 5.35. The quantitative estimate of drug-likeness (QED) is 0.0483. The van der Waals surface area contributed by atoms with Gasteiger partial charge >= 0.3 is 11.1 Å². The number of nitrogens with two attached hydrogens (primary N) is 3. The number of thiazole rings is 1. The van der Waals surface area contributed by atoms with E-state index in [1.54, 1.807) is 25.4 Å². The van der Waals surface area contributed by atoms with E-state index in [0.717, 1.165) is 11.3 Å². The van der Waals surface area contributed by atoms with Crippen molar-refractivity contribution in [2.24, 2.45) is 5.16 Å². The van der Waals surface area contributed by atoms with Crippen LogP contribution in [0.25, 0.3) is 0 Å². The van der Waals surface area contributed by atoms with Gasteiger partial charge in [-0.05, 0) is 36.2 Å². The van der Waals surface area contributed by atoms with E-state index in [1.807, 2.05) is 0 Å². The Morgan fingerprint density at radius 3 is 2.81 bits per heavy atom. The lowest BCUT2D eigenvalue weighted by molar-refractivity contribution is -0.682. The molecule has 0 aromatic carbocycles. The molecule has 0 aliphatic carbocycles. The summed E-state index contributed by atoms with van der Waals surface area (Å²) in [6.45, 7) is 3.69. The monoisotopic (exact) mass is 566 g/mol. The lowest BCUT2D eigenvalue weighted by Gasteiger charge is -2.49. The lowest BCUT2D eigenvalue weighted by Crippen LogP contribution is -2.71. The van der Waals surface area contributed by atoms with Gasteiger partial charge in [-0.2, -0.15) is 0 Å². The Labute approximate surface area is 223 Å². The maximum atomic E-state index is 13.0. The van der Waals surface area contributed by atoms with Gasteiger partial charge in [-0.3, -0.25) is 20.3 Å². The molecule has 0 saturated carbocycles. The number of nitrogens with one attached hydrogen (secondary N) is 1. The van der Waals surface area contributed by atoms with E-state index >= 15 is 0 Å². The first-order valence-corrected chi connectivity index (χ1v) is 13.7. The molecule has 2 amide bonds. The van der Waals surface area contributed by atoms with Crippen molar-refractivity contribution in [3.63, 3.8) is 0 Å². The average Bonchev–Trinajstić information content (AvgIpc) is 3.29. The van der Waals surface area contributed by atoms with Crippen molar-refractivity contribution in [3.8, 4) is 0 Å². The van der Waals surface area contributed by atoms with Gasteiger partial charge in [0.15, 0.2) is 10.8 Å². The summed E-state index contributed by atoms with van der Waals surface area (Å²) in [7, 11) is 0. The fourth-order valence-electron chi connectivity index (χ4n) is 3.57. The maximum Gasteiger partial charge on any atom is 0.384 e. The van der Waals surface area contributed by atoms with Gasteiger partial charge in [-0.1, -0.05) is 5.16 Å². The number of hydrogen-bond donors (Lipinski definition) is 5. The average molecular weight is 567 g/mol. The normalized spacial score (nSPS) is 19.4. The number of carboxylic acid groups (broad SMARTS) is 1. The fourth-order valence-corrected chi connectivity index (χ4v) is 6.50. The molecule has 1 saturated heterocycles. The molecule has 196 valence electrons. The second-order valence-corrected chi connectivity index (χ2v) is 10.8. The van der Waals surface area contributed by atoms with Gasteiger partial charge in [0.1, 0.15) is 35.6 Å². The molecule has 8 N–H and O–H groups in total. The van der Waals surface area contributed by atoms with E-state index in [2.05, 4.69) is 20.4 Å². The predicted molar refractivity (Wildman–Crippen MR) is 139 cm³/mol. The maximum absolute atomic E-state index is 13.0. The Morgan fingerprint density at radius 1 is 1.41 bits per heavy atom. The number of oxime groups is 1. The molecule has 1 fully saturated rings. The summed E-state index contributed by atoms with van der Waals surface area (Å²) < 4.78 is 1.31. The Bertz CT molecular complexity index is 1330. The zero-order valence-electron chi connectivity index (χ0n) is 19.7. The first kappa shape index (κ1) is 26.5. The molecule has 2 aliphatic heterocycles. The molecule has 0 radical (unpaired) electrons. The summed E-state index contributed by atoms with van der Waals surface area (Å²) in [6, 6.07) is -0.950. The summed E-state index contributed by atoms with van der Waals surface area (Å²) in [4.78, 5) is 52.6. The molecule has 4 rings (SSSR count). The van der Waals surface area contributed by atoms with Crippen LogP contribution in [-0.2, 0) is 19.2 Å². The van der Waals surface area contributed by atoms with Crippen LogP contribution in [0.4, 0.5) is 10.9 Å². The zero-order chi connectivity index (χ0) is 26.9. The van der Waals surface area contributed by atoms with Gasteiger partial charge in [0.2, 0.25) is 5.82 Å². The highest BCUT2D eigenvalue weighted by Gasteiger charge is 2.54. The van der Waals surface area contributed by atoms with Crippen LogP contribution < -0.4 is 27.3 Å². The topological polar surface area (TPSA) is 216 Å². The van der Waals surface area contributed by atoms with Crippen LogP contribution in [-0.4, -0.2) is 73.0 Å². The van der Waals surface area contributed by atoms with E-state index < -0.39 is 29.2 Å². The molecule has 4 heterocycles. The molecule has 1 unspecified atom stereocenters. The summed E-state index contributed by atoms with van der Waals surface area (Å²) in [6.07, 6.45) is 1.62. The standard InChI is InChI=1S/C20H23N9O5S3/c1-3-34-27-11(10-7-36-19(22)24-10)15(30)25-12-16(31)29-13(18(32)33)9(5-35-17(12)29)6-37-20-26-14(21)8(2)4-28(20)23/h4,7,12,17,21H,3,5-6,23H2,1-2H3,(H4,22,24,25,30,32,33)/p+1/b27-11-/t12?,17-/m1/s1. The minimum atomic E-state index is -1.24. The van der Waals surface area contributed by atoms with Crippen LogP contribution in [0.3, 0.4) is 0 Å². The highest BCUT2D eigenvalue weighted by molar-refractivity contribution is 8.01. The molecule has 0 bridgehead atoms. The Morgan fingerprint density at radius 2 is 2.16 bits per heavy atom. The molecule has 2 aromatic heterocycles. The third-order valence-corrected chi connectivity index (χ3v) is 8.42. The van der Waals surface area contributed by atoms with Crippen molar-refractivity contribution >= 4 is 69.3 Å². The van der Waals surface area contributed by atoms with Gasteiger partial charge < -0.3 is 26.7 Å². The van der Waals surface area contributed by atoms with Gasteiger partial charge in [-0.15, -0.1) is 27.8 Å². The highest BCUT2D eigenvalue weighted by Crippen LogP contribution is 2.41. The van der Waals surface area contributed by atoms with Crippen LogP contribution in [0, 0.1) is 6.92 Å². The second-order valence-electron chi connectivity index (χ2n) is 7.83. The number of rotatable bonds is 9. The number of carbonyl (C=O) groups excluding carboxylic acids is 2. The number of aromatic nitrogens is 3. The minimum absolute atomic E-state index is 0.120. The number of anilines is 2. The third kappa shape index (κ3) is 5.28. The SMILES string of the molecule is CCO/N=C(\C(=O)NC1C(=O)N2C(C(=O)O)=C(CSc3nc(N)c(C)c[n+]3N)CS[C@H]12)c1csc(N)n1. The van der Waals surface area contributed by atoms with Crippen molar-refractivity contribution in [3.05, 3.63) is 34.1 Å². The summed E-state index contributed by atoms with van der Waals surface area (Å²) in [5, 5.41) is 18.0. The number of fused-ring (bicyclic) bond motifs is 1. The van der Waals surface area contributed by atoms with Gasteiger partial charge in [-0.25, -0.2) is 9.78 Å². The molecule has 14 nitrogen and oxygen atoms in total. The van der Waals surface area contributed by atoms with E-state index in [4.69, 9.17) is 22.1 Å². The largest absolute Gasteiger partial charge is 0.477 e. The number of carbonyl (C=O) groups is 3.